The Labute approximate surface area is 199 Å². The second-order valence-electron chi connectivity index (χ2n) is 9.73. The van der Waals surface area contributed by atoms with Gasteiger partial charge in [0.2, 0.25) is 0 Å². The lowest BCUT2D eigenvalue weighted by molar-refractivity contribution is -0.0331. The van der Waals surface area contributed by atoms with E-state index in [4.69, 9.17) is 37.2 Å². The van der Waals surface area contributed by atoms with Crippen molar-refractivity contribution >= 4 is 29.3 Å². The van der Waals surface area contributed by atoms with E-state index < -0.39 is 5.60 Å². The van der Waals surface area contributed by atoms with Crippen molar-refractivity contribution in [3.8, 4) is 11.3 Å². The zero-order valence-corrected chi connectivity index (χ0v) is 20.5. The molecule has 1 aliphatic carbocycles. The van der Waals surface area contributed by atoms with Crippen LogP contribution in [0.3, 0.4) is 0 Å². The molecule has 8 heteroatoms. The first-order valence-corrected chi connectivity index (χ1v) is 11.9. The van der Waals surface area contributed by atoms with Gasteiger partial charge in [-0.15, -0.1) is 0 Å². The van der Waals surface area contributed by atoms with Gasteiger partial charge in [-0.1, -0.05) is 34.4 Å². The molecule has 6 nitrogen and oxygen atoms in total. The Morgan fingerprint density at radius 1 is 1.22 bits per heavy atom. The van der Waals surface area contributed by atoms with Crippen molar-refractivity contribution in [1.82, 2.24) is 10.1 Å². The maximum atomic E-state index is 12.5. The van der Waals surface area contributed by atoms with Crippen molar-refractivity contribution < 1.29 is 18.8 Å². The minimum Gasteiger partial charge on any atom is -0.444 e. The molecule has 32 heavy (non-hydrogen) atoms. The first-order chi connectivity index (χ1) is 15.1. The fourth-order valence-corrected chi connectivity index (χ4v) is 4.70. The van der Waals surface area contributed by atoms with Crippen molar-refractivity contribution in [2.75, 3.05) is 6.54 Å². The molecule has 1 aliphatic heterocycles. The lowest BCUT2D eigenvalue weighted by Gasteiger charge is -2.38. The normalized spacial score (nSPS) is 21.6. The van der Waals surface area contributed by atoms with Crippen molar-refractivity contribution in [2.45, 2.75) is 83.6 Å². The second kappa shape index (κ2) is 9.24. The van der Waals surface area contributed by atoms with Crippen LogP contribution in [0.25, 0.3) is 11.3 Å². The predicted molar refractivity (Wildman–Crippen MR) is 124 cm³/mol. The maximum absolute atomic E-state index is 12.5. The number of hydrogen-bond donors (Lipinski definition) is 0. The van der Waals surface area contributed by atoms with E-state index in [-0.39, 0.29) is 18.2 Å². The van der Waals surface area contributed by atoms with Crippen LogP contribution in [-0.4, -0.2) is 40.4 Å². The number of rotatable bonds is 5. The Morgan fingerprint density at radius 3 is 2.50 bits per heavy atom. The number of aromatic nitrogens is 1. The van der Waals surface area contributed by atoms with Crippen LogP contribution < -0.4 is 0 Å². The molecule has 2 atom stereocenters. The molecule has 1 saturated heterocycles. The van der Waals surface area contributed by atoms with E-state index in [0.29, 0.717) is 40.4 Å². The summed E-state index contributed by atoms with van der Waals surface area (Å²) in [7, 11) is 0. The Morgan fingerprint density at radius 2 is 1.91 bits per heavy atom. The number of likely N-dealkylation sites (tertiary alicyclic amines) is 1. The van der Waals surface area contributed by atoms with Crippen molar-refractivity contribution in [1.29, 1.82) is 0 Å². The lowest BCUT2D eigenvalue weighted by atomic mass is 10.0. The van der Waals surface area contributed by atoms with Gasteiger partial charge in [-0.3, -0.25) is 0 Å². The first-order valence-electron chi connectivity index (χ1n) is 11.2. The van der Waals surface area contributed by atoms with Gasteiger partial charge >= 0.3 is 6.09 Å². The molecule has 2 heterocycles. The number of piperidine rings is 1. The number of nitrogens with zero attached hydrogens (tertiary/aromatic N) is 2. The molecule has 174 valence electrons. The SMILES string of the molecule is C[C@@H]1C[C@H](OCc2c(-c3c(Cl)cccc3Cl)noc2C2CC2)CCN1C(=O)OC(C)(C)C. The summed E-state index contributed by atoms with van der Waals surface area (Å²) < 4.78 is 17.6. The third-order valence-corrected chi connectivity index (χ3v) is 6.52. The van der Waals surface area contributed by atoms with Crippen LogP contribution in [0.5, 0.6) is 0 Å². The number of carbonyl (C=O) groups excluding carboxylic acids is 1. The highest BCUT2D eigenvalue weighted by atomic mass is 35.5. The molecule has 2 aliphatic rings. The molecule has 4 rings (SSSR count). The summed E-state index contributed by atoms with van der Waals surface area (Å²) in [5.74, 6) is 1.25. The summed E-state index contributed by atoms with van der Waals surface area (Å²) in [6.45, 7) is 8.64. The summed E-state index contributed by atoms with van der Waals surface area (Å²) in [4.78, 5) is 14.3. The molecule has 1 saturated carbocycles. The summed E-state index contributed by atoms with van der Waals surface area (Å²) >= 11 is 12.9. The second-order valence-corrected chi connectivity index (χ2v) is 10.5. The lowest BCUT2D eigenvalue weighted by Crippen LogP contribution is -2.48. The van der Waals surface area contributed by atoms with Gasteiger partial charge in [-0.25, -0.2) is 4.79 Å². The van der Waals surface area contributed by atoms with Crippen LogP contribution in [0.2, 0.25) is 10.0 Å². The third-order valence-electron chi connectivity index (χ3n) is 5.89. The molecule has 1 aromatic carbocycles. The molecule has 1 aromatic heterocycles. The number of amides is 1. The Kier molecular flexibility index (Phi) is 6.76. The average Bonchev–Trinajstić information content (AvgIpc) is 3.46. The highest BCUT2D eigenvalue weighted by molar-refractivity contribution is 6.39. The summed E-state index contributed by atoms with van der Waals surface area (Å²) in [5, 5.41) is 5.40. The largest absolute Gasteiger partial charge is 0.444 e. The Bertz CT molecular complexity index is 961. The van der Waals surface area contributed by atoms with Gasteiger partial charge in [0.05, 0.1) is 22.8 Å². The van der Waals surface area contributed by atoms with E-state index in [1.54, 1.807) is 17.0 Å². The van der Waals surface area contributed by atoms with Gasteiger partial charge in [0, 0.05) is 29.6 Å². The van der Waals surface area contributed by atoms with Crippen LogP contribution in [-0.2, 0) is 16.1 Å². The Balaban J connectivity index is 1.46. The molecular formula is C24H30Cl2N2O4. The fourth-order valence-electron chi connectivity index (χ4n) is 4.12. The molecule has 0 N–H and O–H groups in total. The molecule has 1 amide bonds. The molecule has 0 unspecified atom stereocenters. The summed E-state index contributed by atoms with van der Waals surface area (Å²) in [6.07, 6.45) is 3.42. The minimum absolute atomic E-state index is 0.0280. The molecule has 0 radical (unpaired) electrons. The number of hydrogen-bond acceptors (Lipinski definition) is 5. The van der Waals surface area contributed by atoms with Gasteiger partial charge in [0.15, 0.2) is 0 Å². The molecular weight excluding hydrogens is 451 g/mol. The van der Waals surface area contributed by atoms with Crippen molar-refractivity contribution in [3.05, 3.63) is 39.6 Å². The van der Waals surface area contributed by atoms with E-state index in [2.05, 4.69) is 5.16 Å². The number of carbonyl (C=O) groups is 1. The zero-order chi connectivity index (χ0) is 23.0. The van der Waals surface area contributed by atoms with Crippen LogP contribution in [0.15, 0.2) is 22.7 Å². The maximum Gasteiger partial charge on any atom is 0.410 e. The van der Waals surface area contributed by atoms with Crippen molar-refractivity contribution in [3.63, 3.8) is 0 Å². The van der Waals surface area contributed by atoms with Crippen LogP contribution in [0, 0.1) is 0 Å². The monoisotopic (exact) mass is 480 g/mol. The van der Waals surface area contributed by atoms with E-state index in [9.17, 15) is 4.79 Å². The summed E-state index contributed by atoms with van der Waals surface area (Å²) in [5.41, 5.74) is 1.75. The number of halogens is 2. The summed E-state index contributed by atoms with van der Waals surface area (Å²) in [6, 6.07) is 5.44. The van der Waals surface area contributed by atoms with Crippen LogP contribution in [0.4, 0.5) is 4.79 Å². The van der Waals surface area contributed by atoms with Gasteiger partial charge < -0.3 is 18.9 Å². The fraction of sp³-hybridized carbons (Fsp3) is 0.583. The molecule has 0 bridgehead atoms. The van der Waals surface area contributed by atoms with Crippen LogP contribution in [0.1, 0.15) is 70.6 Å². The zero-order valence-electron chi connectivity index (χ0n) is 19.0. The smallest absolute Gasteiger partial charge is 0.410 e. The third kappa shape index (κ3) is 5.24. The van der Waals surface area contributed by atoms with E-state index in [1.165, 1.54) is 0 Å². The highest BCUT2D eigenvalue weighted by Gasteiger charge is 2.35. The minimum atomic E-state index is -0.506. The quantitative estimate of drug-likeness (QED) is 0.468. The van der Waals surface area contributed by atoms with E-state index in [0.717, 1.165) is 37.0 Å². The van der Waals surface area contributed by atoms with Gasteiger partial charge in [0.1, 0.15) is 17.1 Å². The average molecular weight is 481 g/mol. The Hall–Kier alpha value is -1.76. The molecule has 0 spiro atoms. The van der Waals surface area contributed by atoms with E-state index in [1.807, 2.05) is 33.8 Å². The van der Waals surface area contributed by atoms with E-state index >= 15 is 0 Å². The standard InChI is InChI=1S/C24H30Cl2N2O4/c1-14-12-16(10-11-28(14)23(29)31-24(2,3)4)30-13-17-21(27-32-22(17)15-8-9-15)20-18(25)6-5-7-19(20)26/h5-7,14-16H,8-13H2,1-4H3/t14-,16-/m1/s1. The molecule has 2 fully saturated rings. The number of benzene rings is 1. The predicted octanol–water partition coefficient (Wildman–Crippen LogP) is 6.83. The molecule has 2 aromatic rings. The van der Waals surface area contributed by atoms with Gasteiger partial charge in [0.25, 0.3) is 0 Å². The topological polar surface area (TPSA) is 64.8 Å². The van der Waals surface area contributed by atoms with Gasteiger partial charge in [-0.2, -0.15) is 0 Å². The highest BCUT2D eigenvalue weighted by Crippen LogP contribution is 2.46. The van der Waals surface area contributed by atoms with Crippen LogP contribution >= 0.6 is 23.2 Å². The number of ether oxygens (including phenoxy) is 2. The van der Waals surface area contributed by atoms with Gasteiger partial charge in [-0.05, 0) is 65.5 Å². The van der Waals surface area contributed by atoms with Crippen molar-refractivity contribution in [2.24, 2.45) is 0 Å². The first kappa shape index (κ1) is 23.4.